The van der Waals surface area contributed by atoms with Gasteiger partial charge in [0.15, 0.2) is 0 Å². The van der Waals surface area contributed by atoms with E-state index in [2.05, 4.69) is 10.6 Å². The third-order valence-corrected chi connectivity index (χ3v) is 4.13. The first-order chi connectivity index (χ1) is 12.8. The summed E-state index contributed by atoms with van der Waals surface area (Å²) in [4.78, 5) is 24.4. The molecule has 0 unspecified atom stereocenters. The Labute approximate surface area is 156 Å². The van der Waals surface area contributed by atoms with Crippen molar-refractivity contribution in [1.82, 2.24) is 10.6 Å². The molecule has 0 radical (unpaired) electrons. The summed E-state index contributed by atoms with van der Waals surface area (Å²) < 4.78 is 16.4. The summed E-state index contributed by atoms with van der Waals surface area (Å²) >= 11 is 0. The third-order valence-electron chi connectivity index (χ3n) is 4.13. The molecular weight excluding hydrogens is 348 g/mol. The van der Waals surface area contributed by atoms with Gasteiger partial charge in [-0.15, -0.1) is 0 Å². The van der Waals surface area contributed by atoms with Gasteiger partial charge in [0, 0.05) is 0 Å². The number of hydrogen-bond donors (Lipinski definition) is 2. The topological polar surface area (TPSA) is 97.6 Å². The summed E-state index contributed by atoms with van der Waals surface area (Å²) in [6.07, 6.45) is 0. The molecule has 0 saturated carbocycles. The van der Waals surface area contributed by atoms with Gasteiger partial charge in [-0.2, -0.15) is 0 Å². The predicted molar refractivity (Wildman–Crippen MR) is 97.4 cm³/mol. The maximum atomic E-state index is 12.2. The van der Waals surface area contributed by atoms with Crippen molar-refractivity contribution >= 4 is 11.8 Å². The number of rotatable bonds is 6. The zero-order valence-electron chi connectivity index (χ0n) is 15.8. The average Bonchev–Trinajstić information content (AvgIpc) is 3.29. The van der Waals surface area contributed by atoms with E-state index in [1.54, 1.807) is 52.0 Å². The molecule has 7 nitrogen and oxygen atoms in total. The van der Waals surface area contributed by atoms with E-state index in [0.29, 0.717) is 45.7 Å². The fourth-order valence-corrected chi connectivity index (χ4v) is 2.85. The first kappa shape index (κ1) is 18.6. The smallest absolute Gasteiger partial charge is 0.255 e. The molecule has 0 saturated heterocycles. The Balaban J connectivity index is 1.52. The van der Waals surface area contributed by atoms with Crippen LogP contribution in [0.4, 0.5) is 0 Å². The molecule has 0 fully saturated rings. The number of amides is 2. The van der Waals surface area contributed by atoms with Crippen molar-refractivity contribution in [2.45, 2.75) is 40.8 Å². The number of carbonyl (C=O) groups excluding carboxylic acids is 2. The minimum Gasteiger partial charge on any atom is -0.466 e. The van der Waals surface area contributed by atoms with Crippen LogP contribution in [0.5, 0.6) is 0 Å². The van der Waals surface area contributed by atoms with Gasteiger partial charge in [0.2, 0.25) is 0 Å². The number of carbonyl (C=O) groups is 2. The second-order valence-corrected chi connectivity index (χ2v) is 6.39. The zero-order valence-corrected chi connectivity index (χ0v) is 15.8. The average molecular weight is 370 g/mol. The minimum absolute atomic E-state index is 0.221. The molecule has 0 atom stereocenters. The van der Waals surface area contributed by atoms with Crippen molar-refractivity contribution in [2.24, 2.45) is 0 Å². The largest absolute Gasteiger partial charge is 0.466 e. The van der Waals surface area contributed by atoms with Crippen LogP contribution in [0.1, 0.15) is 55.3 Å². The van der Waals surface area contributed by atoms with Gasteiger partial charge in [0.25, 0.3) is 11.8 Å². The molecular formula is C20H22N2O5. The van der Waals surface area contributed by atoms with Gasteiger partial charge in [0.05, 0.1) is 24.2 Å². The summed E-state index contributed by atoms with van der Waals surface area (Å²) in [6.45, 7) is 7.58. The normalized spacial score (nSPS) is 10.8. The van der Waals surface area contributed by atoms with Crippen LogP contribution in [0.2, 0.25) is 0 Å². The van der Waals surface area contributed by atoms with E-state index < -0.39 is 0 Å². The molecule has 3 rings (SSSR count). The van der Waals surface area contributed by atoms with Gasteiger partial charge in [-0.05, 0) is 52.0 Å². The van der Waals surface area contributed by atoms with Gasteiger partial charge in [-0.3, -0.25) is 9.59 Å². The molecule has 0 bridgehead atoms. The van der Waals surface area contributed by atoms with E-state index in [9.17, 15) is 9.59 Å². The predicted octanol–water partition coefficient (Wildman–Crippen LogP) is 3.56. The van der Waals surface area contributed by atoms with Crippen LogP contribution >= 0.6 is 0 Å². The fraction of sp³-hybridized carbons (Fsp3) is 0.300. The number of hydrogen-bond acceptors (Lipinski definition) is 5. The number of aryl methyl sites for hydroxylation is 4. The highest BCUT2D eigenvalue weighted by Gasteiger charge is 2.15. The van der Waals surface area contributed by atoms with Gasteiger partial charge in [-0.25, -0.2) is 0 Å². The highest BCUT2D eigenvalue weighted by Crippen LogP contribution is 2.15. The molecule has 3 aromatic rings. The Kier molecular flexibility index (Phi) is 5.21. The minimum atomic E-state index is -0.221. The Morgan fingerprint density at radius 1 is 0.741 bits per heavy atom. The molecule has 0 aliphatic carbocycles. The van der Waals surface area contributed by atoms with Crippen LogP contribution in [0.3, 0.4) is 0 Å². The maximum Gasteiger partial charge on any atom is 0.255 e. The summed E-state index contributed by atoms with van der Waals surface area (Å²) in [7, 11) is 0. The van der Waals surface area contributed by atoms with Crippen LogP contribution in [0.25, 0.3) is 0 Å². The Morgan fingerprint density at radius 2 is 1.15 bits per heavy atom. The quantitative estimate of drug-likeness (QED) is 0.691. The first-order valence-electron chi connectivity index (χ1n) is 8.61. The standard InChI is InChI=1S/C20H22N2O5/c1-11-7-17(13(3)25-11)19(23)21-9-15-5-6-16(27-15)10-22-20(24)18-8-12(2)26-14(18)4/h5-8H,9-10H2,1-4H3,(H,21,23)(H,22,24). The molecule has 0 aromatic carbocycles. The van der Waals surface area contributed by atoms with Crippen molar-refractivity contribution < 1.29 is 22.8 Å². The molecule has 2 N–H and O–H groups in total. The summed E-state index contributed by atoms with van der Waals surface area (Å²) in [6, 6.07) is 6.94. The number of furan rings is 3. The van der Waals surface area contributed by atoms with E-state index in [1.807, 2.05) is 0 Å². The van der Waals surface area contributed by atoms with Crippen LogP contribution in [-0.2, 0) is 13.1 Å². The molecule has 142 valence electrons. The highest BCUT2D eigenvalue weighted by molar-refractivity contribution is 5.95. The summed E-state index contributed by atoms with van der Waals surface area (Å²) in [5.74, 6) is 3.30. The van der Waals surface area contributed by atoms with E-state index in [4.69, 9.17) is 13.3 Å². The summed E-state index contributed by atoms with van der Waals surface area (Å²) in [5.41, 5.74) is 1.02. The van der Waals surface area contributed by atoms with Gasteiger partial charge in [-0.1, -0.05) is 0 Å². The van der Waals surface area contributed by atoms with Crippen LogP contribution in [0, 0.1) is 27.7 Å². The Hall–Kier alpha value is -3.22. The monoisotopic (exact) mass is 370 g/mol. The van der Waals surface area contributed by atoms with Crippen LogP contribution in [0.15, 0.2) is 37.5 Å². The van der Waals surface area contributed by atoms with Crippen molar-refractivity contribution in [2.75, 3.05) is 0 Å². The maximum absolute atomic E-state index is 12.2. The molecule has 3 heterocycles. The van der Waals surface area contributed by atoms with Crippen molar-refractivity contribution in [3.05, 3.63) is 70.0 Å². The summed E-state index contributed by atoms with van der Waals surface area (Å²) in [5, 5.41) is 5.58. The van der Waals surface area contributed by atoms with Crippen LogP contribution in [-0.4, -0.2) is 11.8 Å². The molecule has 7 heteroatoms. The van der Waals surface area contributed by atoms with E-state index in [0.717, 1.165) is 0 Å². The highest BCUT2D eigenvalue weighted by atomic mass is 16.3. The molecule has 3 aromatic heterocycles. The SMILES string of the molecule is Cc1cc(C(=O)NCc2ccc(CNC(=O)c3cc(C)oc3C)o2)c(C)o1. The van der Waals surface area contributed by atoms with Gasteiger partial charge in [0.1, 0.15) is 34.6 Å². The van der Waals surface area contributed by atoms with E-state index >= 15 is 0 Å². The lowest BCUT2D eigenvalue weighted by atomic mass is 10.2. The second kappa shape index (κ2) is 7.57. The molecule has 27 heavy (non-hydrogen) atoms. The van der Waals surface area contributed by atoms with E-state index in [1.165, 1.54) is 0 Å². The van der Waals surface area contributed by atoms with Gasteiger partial charge >= 0.3 is 0 Å². The van der Waals surface area contributed by atoms with Crippen molar-refractivity contribution in [1.29, 1.82) is 0 Å². The Morgan fingerprint density at radius 3 is 1.48 bits per heavy atom. The second-order valence-electron chi connectivity index (χ2n) is 6.39. The van der Waals surface area contributed by atoms with Crippen LogP contribution < -0.4 is 10.6 Å². The zero-order chi connectivity index (χ0) is 19.6. The fourth-order valence-electron chi connectivity index (χ4n) is 2.85. The lowest BCUT2D eigenvalue weighted by Crippen LogP contribution is -2.23. The molecule has 0 aliphatic heterocycles. The lowest BCUT2D eigenvalue weighted by molar-refractivity contribution is 0.0941. The van der Waals surface area contributed by atoms with Crippen molar-refractivity contribution in [3.8, 4) is 0 Å². The lowest BCUT2D eigenvalue weighted by Gasteiger charge is -2.03. The first-order valence-corrected chi connectivity index (χ1v) is 8.61. The molecule has 0 aliphatic rings. The Bertz CT molecular complexity index is 900. The van der Waals surface area contributed by atoms with Crippen molar-refractivity contribution in [3.63, 3.8) is 0 Å². The third kappa shape index (κ3) is 4.31. The number of nitrogens with one attached hydrogen (secondary N) is 2. The van der Waals surface area contributed by atoms with Gasteiger partial charge < -0.3 is 23.9 Å². The molecule has 2 amide bonds. The van der Waals surface area contributed by atoms with E-state index in [-0.39, 0.29) is 24.9 Å². The molecule has 0 spiro atoms.